The van der Waals surface area contributed by atoms with Gasteiger partial charge in [0.05, 0.1) is 20.1 Å². The van der Waals surface area contributed by atoms with E-state index in [0.29, 0.717) is 13.4 Å². The van der Waals surface area contributed by atoms with Gasteiger partial charge in [-0.1, -0.05) is 222 Å². The van der Waals surface area contributed by atoms with Crippen LogP contribution in [0, 0.1) is 0 Å². The zero-order valence-electron chi connectivity index (χ0n) is 36.5. The summed E-state index contributed by atoms with van der Waals surface area (Å²) in [5, 5.41) is 0. The largest absolute Gasteiger partial charge is 0.299 e. The van der Waals surface area contributed by atoms with Crippen molar-refractivity contribution in [2.45, 2.75) is 135 Å². The maximum atomic E-state index is 11.7. The summed E-state index contributed by atoms with van der Waals surface area (Å²) in [7, 11) is -3.67. The topological polar surface area (TPSA) is 34.1 Å². The van der Waals surface area contributed by atoms with Gasteiger partial charge in [-0.3, -0.25) is 8.78 Å². The van der Waals surface area contributed by atoms with Crippen molar-refractivity contribution in [3.05, 3.63) is 144 Å². The average molecular weight is 1040 g/mol. The Morgan fingerprint density at radius 3 is 0.456 bits per heavy atom. The van der Waals surface area contributed by atoms with Crippen LogP contribution in [0.3, 0.4) is 0 Å². The van der Waals surface area contributed by atoms with Crippen LogP contribution in [-0.2, 0) is 36.9 Å². The van der Waals surface area contributed by atoms with Gasteiger partial charge in [0.1, 0.15) is 66.7 Å². The molecule has 0 radical (unpaired) electrons. The van der Waals surface area contributed by atoms with Gasteiger partial charge < -0.3 is 0 Å². The number of alkyl halides is 12. The molecule has 0 saturated heterocycles. The van der Waals surface area contributed by atoms with Crippen LogP contribution >= 0.6 is 0 Å². The van der Waals surface area contributed by atoms with Crippen molar-refractivity contribution >= 4 is 10.2 Å². The Bertz CT molecular complexity index is 1090. The second-order valence-electron chi connectivity index (χ2n) is 8.56. The second-order valence-corrected chi connectivity index (χ2v) is 9.92. The summed E-state index contributed by atoms with van der Waals surface area (Å²) in [5.41, 5.74) is 2.97. The molecule has 0 aliphatic rings. The van der Waals surface area contributed by atoms with Crippen molar-refractivity contribution in [1.82, 2.24) is 0 Å². The molecule has 0 N–H and O–H groups in total. The molecule has 0 fully saturated rings. The molecule has 16 heteroatoms. The molecule has 0 unspecified atom stereocenters. The number of hydrogen-bond donors (Lipinski definition) is 0. The first-order valence-electron chi connectivity index (χ1n) is 18.5. The first kappa shape index (κ1) is 115. The Hall–Kier alpha value is -4.08. The van der Waals surface area contributed by atoms with Gasteiger partial charge in [-0.2, -0.15) is 8.42 Å². The lowest BCUT2D eigenvalue weighted by atomic mass is 10.2. The van der Waals surface area contributed by atoms with Gasteiger partial charge in [0.2, 0.25) is 0 Å². The van der Waals surface area contributed by atoms with Crippen LogP contribution in [0.25, 0.3) is 0 Å². The molecule has 4 aromatic rings. The molecule has 0 bridgehead atoms. The molecule has 0 atom stereocenters. The highest BCUT2D eigenvalue weighted by molar-refractivity contribution is 7.85. The summed E-state index contributed by atoms with van der Waals surface area (Å²) >= 11 is 0. The molecule has 0 aromatic heterocycles. The molecule has 4 rings (SSSR count). The zero-order chi connectivity index (χ0) is 48.7. The fourth-order valence-electron chi connectivity index (χ4n) is 2.27. The Morgan fingerprint density at radius 2 is 0.412 bits per heavy atom. The monoisotopic (exact) mass is 1040 g/mol. The minimum absolute atomic E-state index is 0. The van der Waals surface area contributed by atoms with Crippen LogP contribution < -0.4 is 0 Å². The van der Waals surface area contributed by atoms with Crippen molar-refractivity contribution in [3.63, 3.8) is 0 Å². The first-order chi connectivity index (χ1) is 28.9. The Balaban J connectivity index is -0.0000000282. The van der Waals surface area contributed by atoms with Crippen LogP contribution in [-0.4, -0.2) is 68.6 Å². The molecule has 418 valence electrons. The summed E-state index contributed by atoms with van der Waals surface area (Å²) in [5.74, 6) is 0. The molecule has 2 nitrogen and oxygen atoms in total. The van der Waals surface area contributed by atoms with E-state index in [-0.39, 0.29) is 92.8 Å². The van der Waals surface area contributed by atoms with Crippen LogP contribution in [0.1, 0.15) is 130 Å². The third kappa shape index (κ3) is 152. The molecule has 4 aromatic carbocycles. The normalized spacial score (nSPS) is 7.09. The van der Waals surface area contributed by atoms with Gasteiger partial charge >= 0.3 is 0 Å². The molecule has 0 aliphatic heterocycles. The summed E-state index contributed by atoms with van der Waals surface area (Å²) in [6.45, 7) is 6.68. The number of hydrogen-bond acceptors (Lipinski definition) is 2. The maximum Gasteiger partial charge on any atom is 0.299 e. The van der Waals surface area contributed by atoms with Crippen LogP contribution in [0.5, 0.6) is 0 Å². The van der Waals surface area contributed by atoms with E-state index in [4.69, 9.17) is 8.42 Å². The van der Waals surface area contributed by atoms with Crippen molar-refractivity contribution in [2.75, 3.05) is 60.2 Å². The van der Waals surface area contributed by atoms with Crippen LogP contribution in [0.4, 0.5) is 56.6 Å². The highest BCUT2D eigenvalue weighted by Gasteiger charge is 1.87. The lowest BCUT2D eigenvalue weighted by Gasteiger charge is -1.87. The summed E-state index contributed by atoms with van der Waals surface area (Å²) in [6.07, 6.45) is 0.493. The number of rotatable bonds is 7. The number of halogens is 13. The van der Waals surface area contributed by atoms with E-state index in [1.54, 1.807) is 48.5 Å². The molecular formula is C52H101F13O2S. The lowest BCUT2D eigenvalue weighted by molar-refractivity contribution is 0.380. The highest BCUT2D eigenvalue weighted by atomic mass is 32.3. The van der Waals surface area contributed by atoms with E-state index in [1.165, 1.54) is 6.92 Å². The van der Waals surface area contributed by atoms with E-state index in [9.17, 15) is 56.6 Å². The van der Waals surface area contributed by atoms with Gasteiger partial charge in [0, 0.05) is 0 Å². The SMILES string of the molecule is C.C.C.C.C.C.C.C.CC.CC.CC.CCF.CF.CS(=O)(=O)F.FCCF.FCCF.FCCF.FCc1ccccc1.FCc1ccccc1.FCc1ccccc1.FCc1ccccc1. The fourth-order valence-corrected chi connectivity index (χ4v) is 2.27. The van der Waals surface area contributed by atoms with Gasteiger partial charge in [0.15, 0.2) is 0 Å². The predicted octanol–water partition coefficient (Wildman–Crippen LogP) is 21.0. The standard InChI is InChI=1S/4C7H7F.3C2H4F2.C2H5F.3C2H6.CH3FO2S.CH3F.8CH4/c4*8-6-7-4-2-1-3-5-7;3*3-1-2-4;1-2-3;3*1-2;1-5(2,3)4;1-2;;;;;;;;/h4*1-5H,6H2;3*1-2H2;2H2,1H3;3*1-2H3;1H3;1H3;8*1H4. The molecule has 0 saturated carbocycles. The highest BCUT2D eigenvalue weighted by Crippen LogP contribution is 2.00. The maximum absolute atomic E-state index is 11.7. The molecule has 0 spiro atoms. The third-order valence-electron chi connectivity index (χ3n) is 4.20. The van der Waals surface area contributed by atoms with E-state index in [1.807, 2.05) is 114 Å². The molecule has 0 amide bonds. The van der Waals surface area contributed by atoms with Crippen molar-refractivity contribution in [3.8, 4) is 0 Å². The Kier molecular flexibility index (Phi) is 202. The van der Waals surface area contributed by atoms with E-state index >= 15 is 0 Å². The van der Waals surface area contributed by atoms with Crippen molar-refractivity contribution < 1.29 is 65.0 Å². The number of benzene rings is 4. The summed E-state index contributed by atoms with van der Waals surface area (Å²) in [4.78, 5) is 0. The van der Waals surface area contributed by atoms with Gasteiger partial charge in [-0.25, -0.2) is 43.9 Å². The predicted molar refractivity (Wildman–Crippen MR) is 283 cm³/mol. The minimum atomic E-state index is -4.17. The lowest BCUT2D eigenvalue weighted by Crippen LogP contribution is -1.78. The van der Waals surface area contributed by atoms with Crippen molar-refractivity contribution in [2.24, 2.45) is 0 Å². The Labute approximate surface area is 412 Å². The summed E-state index contributed by atoms with van der Waals surface area (Å²) < 4.78 is 157. The average Bonchev–Trinajstić information content (AvgIpc) is 3.33. The van der Waals surface area contributed by atoms with Gasteiger partial charge in [-0.15, -0.1) is 3.89 Å². The first-order valence-corrected chi connectivity index (χ1v) is 20.3. The molecule has 0 heterocycles. The quantitative estimate of drug-likeness (QED) is 0.137. The van der Waals surface area contributed by atoms with E-state index in [2.05, 4.69) is 0 Å². The minimum Gasteiger partial charge on any atom is -0.255 e. The Morgan fingerprint density at radius 1 is 0.324 bits per heavy atom. The van der Waals surface area contributed by atoms with Crippen molar-refractivity contribution in [1.29, 1.82) is 0 Å². The van der Waals surface area contributed by atoms with E-state index < -0.39 is 50.3 Å². The molecule has 68 heavy (non-hydrogen) atoms. The van der Waals surface area contributed by atoms with Crippen LogP contribution in [0.2, 0.25) is 0 Å². The molecule has 0 aliphatic carbocycles. The smallest absolute Gasteiger partial charge is 0.255 e. The fraction of sp³-hybridized carbons (Fsp3) is 0.538. The van der Waals surface area contributed by atoms with Crippen LogP contribution in [0.15, 0.2) is 121 Å². The van der Waals surface area contributed by atoms with E-state index in [0.717, 1.165) is 22.3 Å². The second kappa shape index (κ2) is 120. The molecular weight excluding hydrogens is 936 g/mol. The summed E-state index contributed by atoms with van der Waals surface area (Å²) in [6, 6.07) is 36.2. The van der Waals surface area contributed by atoms with Gasteiger partial charge in [-0.05, 0) is 29.2 Å². The third-order valence-corrected chi connectivity index (χ3v) is 4.20. The zero-order valence-corrected chi connectivity index (χ0v) is 37.3. The van der Waals surface area contributed by atoms with Gasteiger partial charge in [0.25, 0.3) is 10.2 Å².